The molecule has 5 rings (SSSR count). The van der Waals surface area contributed by atoms with Crippen LogP contribution in [-0.2, 0) is 13.5 Å². The average molecular weight is 546 g/mol. The molecule has 0 radical (unpaired) electrons. The third-order valence-electron chi connectivity index (χ3n) is 7.70. The molecule has 2 aromatic carbocycles. The zero-order valence-corrected chi connectivity index (χ0v) is 21.5. The van der Waals surface area contributed by atoms with Crippen molar-refractivity contribution in [3.63, 3.8) is 0 Å². The second-order valence-corrected chi connectivity index (χ2v) is 10.8. The average Bonchev–Trinajstić information content (AvgIpc) is 3.05. The molecule has 1 aromatic heterocycles. The van der Waals surface area contributed by atoms with Gasteiger partial charge in [0, 0.05) is 43.5 Å². The molecular formula is C26H27BrClFN4O. The molecule has 2 heterocycles. The molecule has 178 valence electrons. The number of halogens is 3. The highest BCUT2D eigenvalue weighted by molar-refractivity contribution is 9.10. The quantitative estimate of drug-likeness (QED) is 0.456. The molecule has 0 unspecified atom stereocenters. The zero-order chi connectivity index (χ0) is 24.4. The molecule has 1 aliphatic heterocycles. The van der Waals surface area contributed by atoms with Gasteiger partial charge in [0.15, 0.2) is 0 Å². The van der Waals surface area contributed by atoms with Crippen molar-refractivity contribution in [3.05, 3.63) is 78.8 Å². The van der Waals surface area contributed by atoms with E-state index in [1.54, 1.807) is 17.7 Å². The van der Waals surface area contributed by atoms with Crippen molar-refractivity contribution >= 4 is 39.0 Å². The summed E-state index contributed by atoms with van der Waals surface area (Å²) in [6.07, 6.45) is 2.47. The van der Waals surface area contributed by atoms with E-state index in [0.29, 0.717) is 26.3 Å². The maximum atomic E-state index is 14.1. The van der Waals surface area contributed by atoms with Crippen molar-refractivity contribution in [2.24, 2.45) is 18.2 Å². The molecule has 8 heteroatoms. The highest BCUT2D eigenvalue weighted by Gasteiger charge is 2.46. The summed E-state index contributed by atoms with van der Waals surface area (Å²) < 4.78 is 16.2. The molecule has 34 heavy (non-hydrogen) atoms. The molecule has 0 amide bonds. The van der Waals surface area contributed by atoms with E-state index in [-0.39, 0.29) is 22.8 Å². The van der Waals surface area contributed by atoms with E-state index in [9.17, 15) is 9.18 Å². The summed E-state index contributed by atoms with van der Waals surface area (Å²) in [5.41, 5.74) is 17.2. The van der Waals surface area contributed by atoms with E-state index in [2.05, 4.69) is 20.8 Å². The molecule has 2 aliphatic rings. The first kappa shape index (κ1) is 23.4. The molecule has 3 aromatic rings. The number of hydrogen-bond acceptors (Lipinski definition) is 4. The lowest BCUT2D eigenvalue weighted by molar-refractivity contribution is 0.187. The number of anilines is 2. The first-order chi connectivity index (χ1) is 16.1. The van der Waals surface area contributed by atoms with E-state index >= 15 is 0 Å². The van der Waals surface area contributed by atoms with Gasteiger partial charge in [-0.1, -0.05) is 29.8 Å². The minimum atomic E-state index is -0.250. The van der Waals surface area contributed by atoms with E-state index in [1.165, 1.54) is 0 Å². The number of nitrogens with zero attached hydrogens (tertiary/aromatic N) is 2. The van der Waals surface area contributed by atoms with Gasteiger partial charge in [0.05, 0.1) is 15.1 Å². The summed E-state index contributed by atoms with van der Waals surface area (Å²) in [5.74, 6) is 0.530. The zero-order valence-electron chi connectivity index (χ0n) is 19.2. The number of nitrogen functional groups attached to an aromatic ring is 1. The van der Waals surface area contributed by atoms with Crippen LogP contribution in [0.2, 0.25) is 5.02 Å². The van der Waals surface area contributed by atoms with Crippen LogP contribution in [0.25, 0.3) is 11.1 Å². The Morgan fingerprint density at radius 3 is 2.62 bits per heavy atom. The van der Waals surface area contributed by atoms with Crippen molar-refractivity contribution in [2.75, 3.05) is 23.7 Å². The Morgan fingerprint density at radius 2 is 1.91 bits per heavy atom. The maximum Gasteiger partial charge on any atom is 0.261 e. The Morgan fingerprint density at radius 1 is 1.21 bits per heavy atom. The van der Waals surface area contributed by atoms with Crippen molar-refractivity contribution in [1.82, 2.24) is 4.57 Å². The van der Waals surface area contributed by atoms with Crippen molar-refractivity contribution in [3.8, 4) is 11.1 Å². The Bertz CT molecular complexity index is 1360. The van der Waals surface area contributed by atoms with Gasteiger partial charge in [-0.2, -0.15) is 0 Å². The fourth-order valence-corrected chi connectivity index (χ4v) is 6.23. The Balaban J connectivity index is 1.43. The summed E-state index contributed by atoms with van der Waals surface area (Å²) in [7, 11) is 1.77. The molecule has 4 N–H and O–H groups in total. The molecule has 1 saturated heterocycles. The SMILES string of the molecule is Cc1cccc(-c2c(N)cc(N3CCC4(CC3)Cc3cc(F)c(Br)cc3[C@H]4N)n(C)c2=O)c1Cl. The highest BCUT2D eigenvalue weighted by atomic mass is 79.9. The topological polar surface area (TPSA) is 77.3 Å². The number of pyridine rings is 1. The van der Waals surface area contributed by atoms with Crippen LogP contribution in [0.1, 0.15) is 35.6 Å². The number of nitrogens with two attached hydrogens (primary N) is 2. The molecule has 1 atom stereocenters. The molecule has 0 bridgehead atoms. The molecule has 0 saturated carbocycles. The number of fused-ring (bicyclic) bond motifs is 1. The smallest absolute Gasteiger partial charge is 0.261 e. The van der Waals surface area contributed by atoms with Crippen molar-refractivity contribution in [2.45, 2.75) is 32.2 Å². The molecule has 1 fully saturated rings. The normalized spacial score (nSPS) is 19.0. The van der Waals surface area contributed by atoms with Gasteiger partial charge in [-0.3, -0.25) is 9.36 Å². The number of aromatic nitrogens is 1. The minimum Gasteiger partial charge on any atom is -0.398 e. The van der Waals surface area contributed by atoms with E-state index < -0.39 is 0 Å². The van der Waals surface area contributed by atoms with Gasteiger partial charge in [0.1, 0.15) is 11.6 Å². The number of hydrogen-bond donors (Lipinski definition) is 2. The minimum absolute atomic E-state index is 0.106. The number of aryl methyl sites for hydroxylation is 1. The van der Waals surface area contributed by atoms with Crippen LogP contribution in [0.4, 0.5) is 15.9 Å². The first-order valence-electron chi connectivity index (χ1n) is 11.4. The van der Waals surface area contributed by atoms with Crippen LogP contribution in [0.15, 0.2) is 45.7 Å². The first-order valence-corrected chi connectivity index (χ1v) is 12.5. The van der Waals surface area contributed by atoms with Gasteiger partial charge in [0.25, 0.3) is 5.56 Å². The third kappa shape index (κ3) is 3.56. The van der Waals surface area contributed by atoms with Crippen molar-refractivity contribution < 1.29 is 4.39 Å². The molecular weight excluding hydrogens is 519 g/mol. The monoisotopic (exact) mass is 544 g/mol. The van der Waals surface area contributed by atoms with Crippen LogP contribution < -0.4 is 21.9 Å². The van der Waals surface area contributed by atoms with Crippen LogP contribution in [0.3, 0.4) is 0 Å². The lowest BCUT2D eigenvalue weighted by Gasteiger charge is -2.43. The Kier molecular flexibility index (Phi) is 5.78. The standard InChI is InChI=1S/C26H27BrClFN4O/c1-14-4-3-5-16(23(14)28)22-20(30)12-21(32(2)25(22)34)33-8-6-26(7-9-33)13-15-10-19(29)18(27)11-17(15)24(26)31/h3-5,10-12,24H,6-9,13,30-31H2,1-2H3/t24-/m1/s1. The second kappa shape index (κ2) is 8.40. The van der Waals surface area contributed by atoms with Crippen LogP contribution in [0, 0.1) is 18.2 Å². The fourth-order valence-electron chi connectivity index (χ4n) is 5.65. The van der Waals surface area contributed by atoms with Gasteiger partial charge < -0.3 is 16.4 Å². The maximum absolute atomic E-state index is 14.1. The van der Waals surface area contributed by atoms with Crippen molar-refractivity contribution in [1.29, 1.82) is 0 Å². The summed E-state index contributed by atoms with van der Waals surface area (Å²) >= 11 is 9.79. The number of piperidine rings is 1. The molecule has 1 aliphatic carbocycles. The summed E-state index contributed by atoms with van der Waals surface area (Å²) in [5, 5.41) is 0.539. The summed E-state index contributed by atoms with van der Waals surface area (Å²) in [4.78, 5) is 15.6. The summed E-state index contributed by atoms with van der Waals surface area (Å²) in [6.45, 7) is 3.38. The fraction of sp³-hybridized carbons (Fsp3) is 0.346. The van der Waals surface area contributed by atoms with Gasteiger partial charge in [-0.25, -0.2) is 4.39 Å². The third-order valence-corrected chi connectivity index (χ3v) is 8.81. The largest absolute Gasteiger partial charge is 0.398 e. The lowest BCUT2D eigenvalue weighted by atomic mass is 9.73. The Hall–Kier alpha value is -2.35. The summed E-state index contributed by atoms with van der Waals surface area (Å²) in [6, 6.07) is 10.8. The molecule has 1 spiro atoms. The predicted molar refractivity (Wildman–Crippen MR) is 140 cm³/mol. The Labute approximate surface area is 211 Å². The van der Waals surface area contributed by atoms with Crippen LogP contribution in [0.5, 0.6) is 0 Å². The number of benzene rings is 2. The molecule has 5 nitrogen and oxygen atoms in total. The van der Waals surface area contributed by atoms with E-state index in [1.807, 2.05) is 37.3 Å². The number of rotatable bonds is 2. The van der Waals surface area contributed by atoms with Gasteiger partial charge in [-0.05, 0) is 76.4 Å². The second-order valence-electron chi connectivity index (χ2n) is 9.60. The lowest BCUT2D eigenvalue weighted by Crippen LogP contribution is -2.45. The predicted octanol–water partition coefficient (Wildman–Crippen LogP) is 5.34. The van der Waals surface area contributed by atoms with E-state index in [4.69, 9.17) is 23.1 Å². The van der Waals surface area contributed by atoms with Crippen LogP contribution in [-0.4, -0.2) is 17.7 Å². The highest BCUT2D eigenvalue weighted by Crippen LogP contribution is 2.52. The van der Waals surface area contributed by atoms with Gasteiger partial charge in [0.2, 0.25) is 0 Å². The van der Waals surface area contributed by atoms with Gasteiger partial charge >= 0.3 is 0 Å². The van der Waals surface area contributed by atoms with E-state index in [0.717, 1.165) is 54.9 Å². The van der Waals surface area contributed by atoms with Crippen LogP contribution >= 0.6 is 27.5 Å². The van der Waals surface area contributed by atoms with Gasteiger partial charge in [-0.15, -0.1) is 0 Å².